The average Bonchev–Trinajstić information content (AvgIpc) is 2.37. The molecule has 6 heteroatoms. The van der Waals surface area contributed by atoms with E-state index in [1.807, 2.05) is 6.07 Å². The molecule has 0 aliphatic carbocycles. The second kappa shape index (κ2) is 7.43. The zero-order chi connectivity index (χ0) is 14.3. The van der Waals surface area contributed by atoms with Crippen LogP contribution in [0.15, 0.2) is 30.3 Å². The Kier molecular flexibility index (Phi) is 6.22. The highest BCUT2D eigenvalue weighted by atomic mass is 31.2. The molecule has 0 amide bonds. The Hall–Kier alpha value is -1.16. The fourth-order valence-corrected chi connectivity index (χ4v) is 3.18. The topological polar surface area (TPSA) is 64.6 Å². The predicted molar refractivity (Wildman–Crippen MR) is 74.4 cm³/mol. The van der Waals surface area contributed by atoms with Crippen molar-refractivity contribution in [3.63, 3.8) is 0 Å². The van der Waals surface area contributed by atoms with E-state index in [-0.39, 0.29) is 12.1 Å². The maximum absolute atomic E-state index is 12.6. The van der Waals surface area contributed by atoms with Gasteiger partial charge in [-0.2, -0.15) is 0 Å². The Labute approximate surface area is 113 Å². The normalized spacial score (nSPS) is 15.5. The summed E-state index contributed by atoms with van der Waals surface area (Å²) >= 11 is 0. The molecule has 0 spiro atoms. The first-order chi connectivity index (χ1) is 8.97. The lowest BCUT2D eigenvalue weighted by atomic mass is 10.3. The van der Waals surface area contributed by atoms with Crippen molar-refractivity contribution in [3.05, 3.63) is 30.3 Å². The summed E-state index contributed by atoms with van der Waals surface area (Å²) in [5, 5.41) is 2.73. The lowest BCUT2D eigenvalue weighted by Gasteiger charge is -2.22. The molecule has 1 aromatic carbocycles. The third-order valence-corrected chi connectivity index (χ3v) is 4.27. The molecule has 1 aromatic rings. The highest BCUT2D eigenvalue weighted by molar-refractivity contribution is 7.57. The van der Waals surface area contributed by atoms with E-state index in [9.17, 15) is 9.36 Å². The summed E-state index contributed by atoms with van der Waals surface area (Å²) in [4.78, 5) is 11.3. The summed E-state index contributed by atoms with van der Waals surface area (Å²) in [5.74, 6) is 0.377. The molecule has 5 nitrogen and oxygen atoms in total. The van der Waals surface area contributed by atoms with Crippen LogP contribution < -0.4 is 9.61 Å². The van der Waals surface area contributed by atoms with Gasteiger partial charge in [0.05, 0.1) is 6.04 Å². The van der Waals surface area contributed by atoms with Crippen LogP contribution in [0.5, 0.6) is 5.75 Å². The number of ketones is 1. The van der Waals surface area contributed by atoms with Crippen LogP contribution in [0.3, 0.4) is 0 Å². The van der Waals surface area contributed by atoms with Crippen molar-refractivity contribution in [2.45, 2.75) is 26.8 Å². The first-order valence-corrected chi connectivity index (χ1v) is 7.97. The number of hydrogen-bond acceptors (Lipinski definition) is 4. The standard InChI is InChI=1S/C13H20NO4P/c1-4-17-10-19(16,14-11(2)12(3)15)18-13-8-6-5-7-9-13/h5-9,11H,4,10H2,1-3H3,(H,14,16). The van der Waals surface area contributed by atoms with Crippen molar-refractivity contribution in [3.8, 4) is 5.75 Å². The van der Waals surface area contributed by atoms with Gasteiger partial charge in [-0.1, -0.05) is 18.2 Å². The number of nitrogens with one attached hydrogen (secondary N) is 1. The quantitative estimate of drug-likeness (QED) is 0.744. The Balaban J connectivity index is 2.80. The van der Waals surface area contributed by atoms with Gasteiger partial charge in [0.2, 0.25) is 0 Å². The van der Waals surface area contributed by atoms with E-state index in [0.29, 0.717) is 12.4 Å². The molecule has 0 aromatic heterocycles. The molecule has 0 saturated heterocycles. The smallest absolute Gasteiger partial charge is 0.342 e. The van der Waals surface area contributed by atoms with Crippen LogP contribution in [0, 0.1) is 0 Å². The minimum atomic E-state index is -3.26. The summed E-state index contributed by atoms with van der Waals surface area (Å²) in [6.07, 6.45) is -0.0734. The van der Waals surface area contributed by atoms with Gasteiger partial charge in [0.1, 0.15) is 17.9 Å². The SMILES string of the molecule is CCOCP(=O)(NC(C)C(C)=O)Oc1ccccc1. The molecule has 0 radical (unpaired) electrons. The minimum Gasteiger partial charge on any atom is -0.431 e. The van der Waals surface area contributed by atoms with Crippen molar-refractivity contribution < 1.29 is 18.6 Å². The number of carbonyl (C=O) groups excluding carboxylic acids is 1. The molecule has 1 N–H and O–H groups in total. The predicted octanol–water partition coefficient (Wildman–Crippen LogP) is 2.82. The number of hydrogen-bond donors (Lipinski definition) is 1. The number of para-hydroxylation sites is 1. The molecular formula is C13H20NO4P. The number of Topliss-reactive ketones (excluding diaryl/α,β-unsaturated/α-hetero) is 1. The van der Waals surface area contributed by atoms with Gasteiger partial charge in [0.25, 0.3) is 0 Å². The van der Waals surface area contributed by atoms with Gasteiger partial charge in [-0.15, -0.1) is 0 Å². The van der Waals surface area contributed by atoms with Crippen LogP contribution in [0.1, 0.15) is 20.8 Å². The molecule has 1 rings (SSSR count). The van der Waals surface area contributed by atoms with Crippen LogP contribution in [-0.2, 0) is 14.1 Å². The largest absolute Gasteiger partial charge is 0.431 e. The van der Waals surface area contributed by atoms with Gasteiger partial charge >= 0.3 is 7.52 Å². The summed E-state index contributed by atoms with van der Waals surface area (Å²) in [7, 11) is -3.26. The molecule has 0 bridgehead atoms. The van der Waals surface area contributed by atoms with Crippen LogP contribution in [0.2, 0.25) is 0 Å². The zero-order valence-corrected chi connectivity index (χ0v) is 12.4. The van der Waals surface area contributed by atoms with Gasteiger partial charge in [0, 0.05) is 6.61 Å². The fourth-order valence-electron chi connectivity index (χ4n) is 1.34. The number of ether oxygens (including phenoxy) is 1. The Bertz CT molecular complexity index is 449. The molecule has 2 atom stereocenters. The maximum Gasteiger partial charge on any atom is 0.342 e. The van der Waals surface area contributed by atoms with E-state index in [1.54, 1.807) is 38.1 Å². The number of benzene rings is 1. The van der Waals surface area contributed by atoms with Crippen molar-refractivity contribution in [1.82, 2.24) is 5.09 Å². The summed E-state index contributed by atoms with van der Waals surface area (Å²) in [6.45, 7) is 5.32. The van der Waals surface area contributed by atoms with E-state index in [4.69, 9.17) is 9.26 Å². The molecule has 0 heterocycles. The van der Waals surface area contributed by atoms with Gasteiger partial charge in [-0.05, 0) is 32.9 Å². The highest BCUT2D eigenvalue weighted by Gasteiger charge is 2.28. The van der Waals surface area contributed by atoms with Crippen LogP contribution in [0.4, 0.5) is 0 Å². The monoisotopic (exact) mass is 285 g/mol. The summed E-state index contributed by atoms with van der Waals surface area (Å²) < 4.78 is 23.3. The molecule has 0 aliphatic heterocycles. The Morgan fingerprint density at radius 2 is 2.00 bits per heavy atom. The first kappa shape index (κ1) is 15.9. The third-order valence-electron chi connectivity index (χ3n) is 2.46. The average molecular weight is 285 g/mol. The second-order valence-corrected chi connectivity index (χ2v) is 6.21. The second-order valence-electron chi connectivity index (χ2n) is 4.16. The van der Waals surface area contributed by atoms with Crippen LogP contribution >= 0.6 is 7.52 Å². The molecule has 2 unspecified atom stereocenters. The van der Waals surface area contributed by atoms with E-state index < -0.39 is 13.6 Å². The van der Waals surface area contributed by atoms with Crippen molar-refractivity contribution >= 4 is 13.3 Å². The van der Waals surface area contributed by atoms with Crippen LogP contribution in [-0.4, -0.2) is 24.8 Å². The van der Waals surface area contributed by atoms with E-state index >= 15 is 0 Å². The first-order valence-electron chi connectivity index (χ1n) is 6.16. The summed E-state index contributed by atoms with van der Waals surface area (Å²) in [5.41, 5.74) is 0. The molecule has 0 fully saturated rings. The van der Waals surface area contributed by atoms with E-state index in [2.05, 4.69) is 5.09 Å². The lowest BCUT2D eigenvalue weighted by molar-refractivity contribution is -0.118. The molecular weight excluding hydrogens is 265 g/mol. The van der Waals surface area contributed by atoms with Gasteiger partial charge in [-0.25, -0.2) is 5.09 Å². The maximum atomic E-state index is 12.6. The Morgan fingerprint density at radius 1 is 1.37 bits per heavy atom. The van der Waals surface area contributed by atoms with Crippen molar-refractivity contribution in [2.24, 2.45) is 0 Å². The highest BCUT2D eigenvalue weighted by Crippen LogP contribution is 2.43. The minimum absolute atomic E-state index is 0.0734. The number of rotatable bonds is 8. The van der Waals surface area contributed by atoms with Gasteiger partial charge in [-0.3, -0.25) is 9.36 Å². The third kappa shape index (κ3) is 5.55. The zero-order valence-electron chi connectivity index (χ0n) is 11.5. The van der Waals surface area contributed by atoms with Crippen molar-refractivity contribution in [2.75, 3.05) is 13.0 Å². The molecule has 106 valence electrons. The lowest BCUT2D eigenvalue weighted by Crippen LogP contribution is -2.32. The van der Waals surface area contributed by atoms with E-state index in [1.165, 1.54) is 6.92 Å². The molecule has 0 aliphatic rings. The van der Waals surface area contributed by atoms with Gasteiger partial charge < -0.3 is 9.26 Å². The molecule has 0 saturated carbocycles. The van der Waals surface area contributed by atoms with Crippen LogP contribution in [0.25, 0.3) is 0 Å². The molecule has 19 heavy (non-hydrogen) atoms. The fraction of sp³-hybridized carbons (Fsp3) is 0.462. The number of carbonyl (C=O) groups is 1. The Morgan fingerprint density at radius 3 is 2.53 bits per heavy atom. The van der Waals surface area contributed by atoms with E-state index in [0.717, 1.165) is 0 Å². The van der Waals surface area contributed by atoms with Gasteiger partial charge in [0.15, 0.2) is 0 Å². The summed E-state index contributed by atoms with van der Waals surface area (Å²) in [6, 6.07) is 8.28. The van der Waals surface area contributed by atoms with Crippen molar-refractivity contribution in [1.29, 1.82) is 0 Å².